The van der Waals surface area contributed by atoms with Crippen LogP contribution in [0.4, 0.5) is 0 Å². The van der Waals surface area contributed by atoms with Crippen molar-refractivity contribution in [1.82, 2.24) is 10.3 Å². The van der Waals surface area contributed by atoms with Gasteiger partial charge in [0.05, 0.1) is 6.20 Å². The number of pyridine rings is 1. The predicted octanol–water partition coefficient (Wildman–Crippen LogP) is 3.43. The van der Waals surface area contributed by atoms with Gasteiger partial charge in [-0.3, -0.25) is 4.98 Å². The number of hydrogen-bond donors (Lipinski definition) is 1. The van der Waals surface area contributed by atoms with Gasteiger partial charge >= 0.3 is 0 Å². The fourth-order valence-corrected chi connectivity index (χ4v) is 1.91. The van der Waals surface area contributed by atoms with E-state index in [4.69, 9.17) is 4.74 Å². The van der Waals surface area contributed by atoms with Crippen LogP contribution in [0.5, 0.6) is 11.5 Å². The lowest BCUT2D eigenvalue weighted by Gasteiger charge is -2.08. The molecule has 0 bridgehead atoms. The first-order valence-corrected chi connectivity index (χ1v) is 6.71. The molecule has 3 heteroatoms. The number of rotatable bonds is 5. The SMILES string of the molecule is Cc1ccc(Oc2cncc(CNC3CC3)c2)cc1. The summed E-state index contributed by atoms with van der Waals surface area (Å²) in [6.07, 6.45) is 6.23. The zero-order valence-corrected chi connectivity index (χ0v) is 11.1. The highest BCUT2D eigenvalue weighted by molar-refractivity contribution is 5.33. The van der Waals surface area contributed by atoms with E-state index in [1.54, 1.807) is 6.20 Å². The molecule has 1 aliphatic rings. The maximum Gasteiger partial charge on any atom is 0.146 e. The van der Waals surface area contributed by atoms with Gasteiger partial charge in [-0.15, -0.1) is 0 Å². The number of aryl methyl sites for hydroxylation is 1. The molecule has 2 aromatic rings. The maximum absolute atomic E-state index is 5.81. The summed E-state index contributed by atoms with van der Waals surface area (Å²) in [6, 6.07) is 10.8. The number of nitrogens with zero attached hydrogens (tertiary/aromatic N) is 1. The number of benzene rings is 1. The van der Waals surface area contributed by atoms with Crippen molar-refractivity contribution in [2.24, 2.45) is 0 Å². The molecule has 1 aromatic heterocycles. The monoisotopic (exact) mass is 254 g/mol. The van der Waals surface area contributed by atoms with Crippen LogP contribution in [0.25, 0.3) is 0 Å². The quantitative estimate of drug-likeness (QED) is 0.887. The largest absolute Gasteiger partial charge is 0.456 e. The zero-order valence-electron chi connectivity index (χ0n) is 11.1. The van der Waals surface area contributed by atoms with Gasteiger partial charge in [-0.05, 0) is 43.5 Å². The second-order valence-electron chi connectivity index (χ2n) is 5.10. The molecule has 0 radical (unpaired) electrons. The van der Waals surface area contributed by atoms with Crippen molar-refractivity contribution >= 4 is 0 Å². The molecule has 1 saturated carbocycles. The Morgan fingerprint density at radius 3 is 2.68 bits per heavy atom. The Labute approximate surface area is 113 Å². The Hall–Kier alpha value is -1.87. The smallest absolute Gasteiger partial charge is 0.146 e. The van der Waals surface area contributed by atoms with Crippen LogP contribution in [0.3, 0.4) is 0 Å². The first kappa shape index (κ1) is 12.2. The minimum Gasteiger partial charge on any atom is -0.456 e. The number of ether oxygens (including phenoxy) is 1. The molecule has 0 amide bonds. The van der Waals surface area contributed by atoms with E-state index in [2.05, 4.69) is 17.2 Å². The normalized spacial score (nSPS) is 14.4. The molecule has 3 nitrogen and oxygen atoms in total. The van der Waals surface area contributed by atoms with Crippen molar-refractivity contribution in [3.8, 4) is 11.5 Å². The molecule has 0 aliphatic heterocycles. The fraction of sp³-hybridized carbons (Fsp3) is 0.312. The van der Waals surface area contributed by atoms with Gasteiger partial charge in [-0.1, -0.05) is 17.7 Å². The Morgan fingerprint density at radius 1 is 1.16 bits per heavy atom. The van der Waals surface area contributed by atoms with Crippen LogP contribution in [-0.2, 0) is 6.54 Å². The van der Waals surface area contributed by atoms with Crippen LogP contribution < -0.4 is 10.1 Å². The first-order valence-electron chi connectivity index (χ1n) is 6.71. The van der Waals surface area contributed by atoms with Crippen LogP contribution >= 0.6 is 0 Å². The Kier molecular flexibility index (Phi) is 3.47. The molecule has 1 aromatic carbocycles. The summed E-state index contributed by atoms with van der Waals surface area (Å²) in [5, 5.41) is 3.48. The molecule has 19 heavy (non-hydrogen) atoms. The molecule has 3 rings (SSSR count). The van der Waals surface area contributed by atoms with E-state index in [1.165, 1.54) is 18.4 Å². The summed E-state index contributed by atoms with van der Waals surface area (Å²) in [6.45, 7) is 2.93. The molecular weight excluding hydrogens is 236 g/mol. The van der Waals surface area contributed by atoms with E-state index in [1.807, 2.05) is 36.5 Å². The van der Waals surface area contributed by atoms with E-state index in [-0.39, 0.29) is 0 Å². The minimum absolute atomic E-state index is 0.710. The number of hydrogen-bond acceptors (Lipinski definition) is 3. The van der Waals surface area contributed by atoms with Crippen molar-refractivity contribution < 1.29 is 4.74 Å². The summed E-state index contributed by atoms with van der Waals surface area (Å²) in [5.74, 6) is 1.64. The molecule has 1 heterocycles. The number of aromatic nitrogens is 1. The summed E-state index contributed by atoms with van der Waals surface area (Å²) in [5.41, 5.74) is 2.39. The summed E-state index contributed by atoms with van der Waals surface area (Å²) >= 11 is 0. The second kappa shape index (κ2) is 5.41. The lowest BCUT2D eigenvalue weighted by Crippen LogP contribution is -2.15. The zero-order chi connectivity index (χ0) is 13.1. The van der Waals surface area contributed by atoms with Crippen molar-refractivity contribution in [2.45, 2.75) is 32.4 Å². The predicted molar refractivity (Wildman–Crippen MR) is 75.4 cm³/mol. The molecule has 98 valence electrons. The van der Waals surface area contributed by atoms with E-state index in [0.29, 0.717) is 6.04 Å². The topological polar surface area (TPSA) is 34.1 Å². The summed E-state index contributed by atoms with van der Waals surface area (Å²) in [7, 11) is 0. The highest BCUT2D eigenvalue weighted by Gasteiger charge is 2.19. The van der Waals surface area contributed by atoms with E-state index < -0.39 is 0 Å². The average Bonchev–Trinajstić information content (AvgIpc) is 3.24. The molecule has 0 unspecified atom stereocenters. The van der Waals surface area contributed by atoms with Gasteiger partial charge in [0.25, 0.3) is 0 Å². The Bertz CT molecular complexity index is 547. The maximum atomic E-state index is 5.81. The van der Waals surface area contributed by atoms with Crippen molar-refractivity contribution in [3.63, 3.8) is 0 Å². The fourth-order valence-electron chi connectivity index (χ4n) is 1.91. The molecule has 1 aliphatic carbocycles. The summed E-state index contributed by atoms with van der Waals surface area (Å²) < 4.78 is 5.81. The van der Waals surface area contributed by atoms with Crippen molar-refractivity contribution in [1.29, 1.82) is 0 Å². The van der Waals surface area contributed by atoms with Gasteiger partial charge < -0.3 is 10.1 Å². The van der Waals surface area contributed by atoms with E-state index in [9.17, 15) is 0 Å². The van der Waals surface area contributed by atoms with Crippen LogP contribution in [0.2, 0.25) is 0 Å². The molecule has 0 atom stereocenters. The third-order valence-electron chi connectivity index (χ3n) is 3.20. The van der Waals surface area contributed by atoms with Gasteiger partial charge in [0.1, 0.15) is 11.5 Å². The Balaban J connectivity index is 1.66. The van der Waals surface area contributed by atoms with Gasteiger partial charge in [0.15, 0.2) is 0 Å². The molecule has 0 spiro atoms. The van der Waals surface area contributed by atoms with Crippen molar-refractivity contribution in [2.75, 3.05) is 0 Å². The van der Waals surface area contributed by atoms with Crippen LogP contribution in [0, 0.1) is 6.92 Å². The number of nitrogens with one attached hydrogen (secondary N) is 1. The molecule has 1 N–H and O–H groups in total. The van der Waals surface area contributed by atoms with Crippen LogP contribution in [0.1, 0.15) is 24.0 Å². The average molecular weight is 254 g/mol. The van der Waals surface area contributed by atoms with E-state index >= 15 is 0 Å². The van der Waals surface area contributed by atoms with Gasteiger partial charge in [0, 0.05) is 18.8 Å². The van der Waals surface area contributed by atoms with Crippen LogP contribution in [0.15, 0.2) is 42.7 Å². The third-order valence-corrected chi connectivity index (χ3v) is 3.20. The molecular formula is C16H18N2O. The van der Waals surface area contributed by atoms with Gasteiger partial charge in [-0.2, -0.15) is 0 Å². The molecule has 0 saturated heterocycles. The highest BCUT2D eigenvalue weighted by Crippen LogP contribution is 2.23. The second-order valence-corrected chi connectivity index (χ2v) is 5.10. The standard InChI is InChI=1S/C16H18N2O/c1-12-2-6-15(7-3-12)19-16-8-13(9-17-11-16)10-18-14-4-5-14/h2-3,6-9,11,14,18H,4-5,10H2,1H3. The first-order chi connectivity index (χ1) is 9.29. The highest BCUT2D eigenvalue weighted by atomic mass is 16.5. The van der Waals surface area contributed by atoms with Crippen LogP contribution in [-0.4, -0.2) is 11.0 Å². The minimum atomic E-state index is 0.710. The van der Waals surface area contributed by atoms with E-state index in [0.717, 1.165) is 23.6 Å². The molecule has 1 fully saturated rings. The van der Waals surface area contributed by atoms with Crippen molar-refractivity contribution in [3.05, 3.63) is 53.9 Å². The Morgan fingerprint density at radius 2 is 1.95 bits per heavy atom. The van der Waals surface area contributed by atoms with Gasteiger partial charge in [-0.25, -0.2) is 0 Å². The lowest BCUT2D eigenvalue weighted by molar-refractivity contribution is 0.478. The lowest BCUT2D eigenvalue weighted by atomic mass is 10.2. The third kappa shape index (κ3) is 3.55. The summed E-state index contributed by atoms with van der Waals surface area (Å²) in [4.78, 5) is 4.23. The van der Waals surface area contributed by atoms with Gasteiger partial charge in [0.2, 0.25) is 0 Å².